The van der Waals surface area contributed by atoms with Gasteiger partial charge in [-0.05, 0) is 36.2 Å². The molecule has 6 nitrogen and oxygen atoms in total. The Balaban J connectivity index is 0.00000288. The summed E-state index contributed by atoms with van der Waals surface area (Å²) < 4.78 is 10.5. The molecule has 3 N–H and O–H groups in total. The van der Waals surface area contributed by atoms with Crippen molar-refractivity contribution in [3.8, 4) is 11.5 Å². The first-order valence-corrected chi connectivity index (χ1v) is 7.32. The van der Waals surface area contributed by atoms with Crippen LogP contribution in [0.5, 0.6) is 11.5 Å². The van der Waals surface area contributed by atoms with Crippen molar-refractivity contribution in [2.24, 2.45) is 5.73 Å². The molecule has 0 aliphatic carbocycles. The SMILES string of the molecule is COc1ccc(CCNC(=O)c2ccnc(CN)c2)cc1OC.Cl. The van der Waals surface area contributed by atoms with Gasteiger partial charge in [0.25, 0.3) is 5.91 Å². The summed E-state index contributed by atoms with van der Waals surface area (Å²) in [6.07, 6.45) is 2.28. The molecule has 1 heterocycles. The zero-order chi connectivity index (χ0) is 16.7. The van der Waals surface area contributed by atoms with E-state index in [2.05, 4.69) is 10.3 Å². The first-order chi connectivity index (χ1) is 11.2. The summed E-state index contributed by atoms with van der Waals surface area (Å²) in [5, 5.41) is 2.89. The van der Waals surface area contributed by atoms with Crippen molar-refractivity contribution in [2.75, 3.05) is 20.8 Å². The zero-order valence-electron chi connectivity index (χ0n) is 13.7. The number of amides is 1. The smallest absolute Gasteiger partial charge is 0.251 e. The lowest BCUT2D eigenvalue weighted by atomic mass is 10.1. The summed E-state index contributed by atoms with van der Waals surface area (Å²) in [7, 11) is 3.20. The number of hydrogen-bond donors (Lipinski definition) is 2. The van der Waals surface area contributed by atoms with Gasteiger partial charge in [0.2, 0.25) is 0 Å². The number of nitrogens with two attached hydrogens (primary N) is 1. The van der Waals surface area contributed by atoms with Crippen molar-refractivity contribution < 1.29 is 14.3 Å². The van der Waals surface area contributed by atoms with E-state index < -0.39 is 0 Å². The monoisotopic (exact) mass is 351 g/mol. The van der Waals surface area contributed by atoms with Gasteiger partial charge in [0.05, 0.1) is 19.9 Å². The van der Waals surface area contributed by atoms with Gasteiger partial charge in [0.15, 0.2) is 11.5 Å². The minimum atomic E-state index is -0.137. The Bertz CT molecular complexity index is 680. The number of ether oxygens (including phenoxy) is 2. The van der Waals surface area contributed by atoms with Crippen LogP contribution in [0.2, 0.25) is 0 Å². The number of nitrogens with zero attached hydrogens (tertiary/aromatic N) is 1. The van der Waals surface area contributed by atoms with Gasteiger partial charge in [-0.2, -0.15) is 0 Å². The maximum Gasteiger partial charge on any atom is 0.251 e. The minimum Gasteiger partial charge on any atom is -0.493 e. The molecule has 0 bridgehead atoms. The number of methoxy groups -OCH3 is 2. The number of nitrogens with one attached hydrogen (secondary N) is 1. The van der Waals surface area contributed by atoms with Crippen molar-refractivity contribution in [1.29, 1.82) is 0 Å². The molecule has 2 rings (SSSR count). The second-order valence-electron chi connectivity index (χ2n) is 4.94. The lowest BCUT2D eigenvalue weighted by Gasteiger charge is -2.10. The molecular formula is C17H22ClN3O3. The van der Waals surface area contributed by atoms with Gasteiger partial charge in [0.1, 0.15) is 0 Å². The summed E-state index contributed by atoms with van der Waals surface area (Å²) in [6, 6.07) is 9.08. The van der Waals surface area contributed by atoms with Crippen LogP contribution in [0, 0.1) is 0 Å². The summed E-state index contributed by atoms with van der Waals surface area (Å²) in [4.78, 5) is 16.2. The summed E-state index contributed by atoms with van der Waals surface area (Å²) in [5.74, 6) is 1.23. The van der Waals surface area contributed by atoms with Crippen LogP contribution in [0.25, 0.3) is 0 Å². The van der Waals surface area contributed by atoms with Crippen LogP contribution in [0.15, 0.2) is 36.5 Å². The Labute approximate surface area is 147 Å². The first-order valence-electron chi connectivity index (χ1n) is 7.32. The molecule has 1 aromatic heterocycles. The van der Waals surface area contributed by atoms with E-state index in [1.165, 1.54) is 0 Å². The average molecular weight is 352 g/mol. The molecular weight excluding hydrogens is 330 g/mol. The Kier molecular flexibility index (Phi) is 8.01. The number of aromatic nitrogens is 1. The normalized spacial score (nSPS) is 9.79. The van der Waals surface area contributed by atoms with E-state index in [4.69, 9.17) is 15.2 Å². The third-order valence-corrected chi connectivity index (χ3v) is 3.44. The Hall–Kier alpha value is -2.31. The number of carbonyl (C=O) groups is 1. The van der Waals surface area contributed by atoms with Gasteiger partial charge in [0, 0.05) is 24.8 Å². The second-order valence-corrected chi connectivity index (χ2v) is 4.94. The first kappa shape index (κ1) is 19.7. The Morgan fingerprint density at radius 1 is 1.17 bits per heavy atom. The van der Waals surface area contributed by atoms with E-state index >= 15 is 0 Å². The summed E-state index contributed by atoms with van der Waals surface area (Å²) in [6.45, 7) is 0.835. The number of pyridine rings is 1. The highest BCUT2D eigenvalue weighted by Gasteiger charge is 2.07. The number of rotatable bonds is 7. The highest BCUT2D eigenvalue weighted by atomic mass is 35.5. The van der Waals surface area contributed by atoms with Gasteiger partial charge in [-0.1, -0.05) is 6.07 Å². The van der Waals surface area contributed by atoms with E-state index in [1.807, 2.05) is 18.2 Å². The van der Waals surface area contributed by atoms with Gasteiger partial charge in [-0.3, -0.25) is 9.78 Å². The standard InChI is InChI=1S/C17H21N3O3.ClH/c1-22-15-4-3-12(9-16(15)23-2)5-7-20-17(21)13-6-8-19-14(10-13)11-18;/h3-4,6,8-10H,5,7,11,18H2,1-2H3,(H,20,21);1H. The van der Waals surface area contributed by atoms with E-state index in [9.17, 15) is 4.79 Å². The molecule has 0 unspecified atom stereocenters. The predicted molar refractivity (Wildman–Crippen MR) is 95.0 cm³/mol. The number of halogens is 1. The predicted octanol–water partition coefficient (Wildman–Crippen LogP) is 1.95. The molecule has 130 valence electrons. The highest BCUT2D eigenvalue weighted by molar-refractivity contribution is 5.94. The molecule has 2 aromatic rings. The van der Waals surface area contributed by atoms with Crippen LogP contribution in [0.4, 0.5) is 0 Å². The third kappa shape index (κ3) is 5.11. The molecule has 7 heteroatoms. The molecule has 0 radical (unpaired) electrons. The topological polar surface area (TPSA) is 86.5 Å². The molecule has 0 saturated carbocycles. The molecule has 1 amide bonds. The zero-order valence-corrected chi connectivity index (χ0v) is 14.6. The molecule has 0 spiro atoms. The average Bonchev–Trinajstić information content (AvgIpc) is 2.61. The molecule has 24 heavy (non-hydrogen) atoms. The fourth-order valence-corrected chi connectivity index (χ4v) is 2.19. The molecule has 0 saturated heterocycles. The van der Waals surface area contributed by atoms with Crippen molar-refractivity contribution in [3.63, 3.8) is 0 Å². The van der Waals surface area contributed by atoms with Crippen LogP contribution < -0.4 is 20.5 Å². The van der Waals surface area contributed by atoms with Gasteiger partial charge in [-0.25, -0.2) is 0 Å². The maximum atomic E-state index is 12.1. The van der Waals surface area contributed by atoms with Gasteiger partial charge in [-0.15, -0.1) is 12.4 Å². The molecule has 0 aliphatic rings. The molecule has 0 aliphatic heterocycles. The van der Waals surface area contributed by atoms with E-state index in [1.54, 1.807) is 32.5 Å². The van der Waals surface area contributed by atoms with Crippen LogP contribution in [-0.4, -0.2) is 31.7 Å². The highest BCUT2D eigenvalue weighted by Crippen LogP contribution is 2.27. The van der Waals surface area contributed by atoms with Crippen LogP contribution >= 0.6 is 12.4 Å². The fourth-order valence-electron chi connectivity index (χ4n) is 2.19. The Morgan fingerprint density at radius 2 is 1.92 bits per heavy atom. The molecule has 0 atom stereocenters. The lowest BCUT2D eigenvalue weighted by molar-refractivity contribution is 0.0954. The van der Waals surface area contributed by atoms with E-state index in [0.29, 0.717) is 42.3 Å². The summed E-state index contributed by atoms with van der Waals surface area (Å²) in [5.41, 5.74) is 7.84. The number of hydrogen-bond acceptors (Lipinski definition) is 5. The van der Waals surface area contributed by atoms with Gasteiger partial charge < -0.3 is 20.5 Å². The number of carbonyl (C=O) groups excluding carboxylic acids is 1. The summed E-state index contributed by atoms with van der Waals surface area (Å²) >= 11 is 0. The van der Waals surface area contributed by atoms with E-state index in [0.717, 1.165) is 5.56 Å². The van der Waals surface area contributed by atoms with Crippen LogP contribution in [0.1, 0.15) is 21.6 Å². The second kappa shape index (κ2) is 9.75. The quantitative estimate of drug-likeness (QED) is 0.796. The Morgan fingerprint density at radius 3 is 2.58 bits per heavy atom. The van der Waals surface area contributed by atoms with E-state index in [-0.39, 0.29) is 18.3 Å². The molecule has 1 aromatic carbocycles. The minimum absolute atomic E-state index is 0. The number of benzene rings is 1. The van der Waals surface area contributed by atoms with Crippen LogP contribution in [-0.2, 0) is 13.0 Å². The van der Waals surface area contributed by atoms with Crippen molar-refractivity contribution in [2.45, 2.75) is 13.0 Å². The van der Waals surface area contributed by atoms with Crippen molar-refractivity contribution >= 4 is 18.3 Å². The lowest BCUT2D eigenvalue weighted by Crippen LogP contribution is -2.26. The largest absolute Gasteiger partial charge is 0.493 e. The third-order valence-electron chi connectivity index (χ3n) is 3.44. The maximum absolute atomic E-state index is 12.1. The van der Waals surface area contributed by atoms with Gasteiger partial charge >= 0.3 is 0 Å². The fraction of sp³-hybridized carbons (Fsp3) is 0.294. The van der Waals surface area contributed by atoms with Crippen LogP contribution in [0.3, 0.4) is 0 Å². The van der Waals surface area contributed by atoms with Crippen molar-refractivity contribution in [1.82, 2.24) is 10.3 Å². The molecule has 0 fully saturated rings. The van der Waals surface area contributed by atoms with Crippen molar-refractivity contribution in [3.05, 3.63) is 53.3 Å².